The van der Waals surface area contributed by atoms with Crippen LogP contribution in [0.2, 0.25) is 0 Å². The highest BCUT2D eigenvalue weighted by Gasteiger charge is 2.29. The average molecular weight is 407 g/mol. The van der Waals surface area contributed by atoms with Gasteiger partial charge in [-0.3, -0.25) is 14.4 Å². The molecule has 1 fully saturated rings. The number of hydrogen-bond donors (Lipinski definition) is 0. The van der Waals surface area contributed by atoms with Crippen LogP contribution in [0, 0.1) is 25.7 Å². The highest BCUT2D eigenvalue weighted by molar-refractivity contribution is 5.95. The molecule has 0 saturated carbocycles. The zero-order chi connectivity index (χ0) is 21.6. The predicted octanol–water partition coefficient (Wildman–Crippen LogP) is 3.19. The van der Waals surface area contributed by atoms with Gasteiger partial charge >= 0.3 is 5.97 Å². The Balaban J connectivity index is 1.92. The molecule has 1 aromatic rings. The normalized spacial score (nSPS) is 14.9. The number of esters is 1. The van der Waals surface area contributed by atoms with Crippen molar-refractivity contribution in [2.24, 2.45) is 11.8 Å². The van der Waals surface area contributed by atoms with Crippen molar-refractivity contribution < 1.29 is 23.5 Å². The average Bonchev–Trinajstić information content (AvgIpc) is 3.02. The fraction of sp³-hybridized carbons (Fsp3) is 0.682. The highest BCUT2D eigenvalue weighted by Crippen LogP contribution is 2.20. The summed E-state index contributed by atoms with van der Waals surface area (Å²) in [6.07, 6.45) is 1.54. The van der Waals surface area contributed by atoms with Gasteiger partial charge in [0.1, 0.15) is 11.5 Å². The lowest BCUT2D eigenvalue weighted by molar-refractivity contribution is -0.151. The lowest BCUT2D eigenvalue weighted by Crippen LogP contribution is -2.43. The number of nitrogens with zero attached hydrogens (tertiary/aromatic N) is 2. The van der Waals surface area contributed by atoms with Gasteiger partial charge in [-0.25, -0.2) is 0 Å². The summed E-state index contributed by atoms with van der Waals surface area (Å²) in [5.41, 5.74) is 0.561. The maximum Gasteiger partial charge on any atom is 0.309 e. The van der Waals surface area contributed by atoms with Crippen molar-refractivity contribution in [3.05, 3.63) is 23.2 Å². The van der Waals surface area contributed by atoms with E-state index in [1.165, 1.54) is 0 Å². The summed E-state index contributed by atoms with van der Waals surface area (Å²) in [6.45, 7) is 12.0. The Bertz CT molecular complexity index is 717. The van der Waals surface area contributed by atoms with Crippen LogP contribution in [0.25, 0.3) is 0 Å². The van der Waals surface area contributed by atoms with Gasteiger partial charge in [0.05, 0.1) is 18.1 Å². The van der Waals surface area contributed by atoms with Crippen LogP contribution >= 0.6 is 0 Å². The number of carbonyl (C=O) groups is 3. The molecule has 7 nitrogen and oxygen atoms in total. The third-order valence-corrected chi connectivity index (χ3v) is 5.21. The minimum absolute atomic E-state index is 0.0222. The van der Waals surface area contributed by atoms with Crippen LogP contribution in [0.3, 0.4) is 0 Å². The number of aryl methyl sites for hydroxylation is 2. The van der Waals surface area contributed by atoms with Gasteiger partial charge in [-0.05, 0) is 45.6 Å². The van der Waals surface area contributed by atoms with E-state index in [1.54, 1.807) is 29.7 Å². The van der Waals surface area contributed by atoms with Crippen LogP contribution in [0.4, 0.5) is 0 Å². The summed E-state index contributed by atoms with van der Waals surface area (Å²) in [6, 6.07) is 1.76. The van der Waals surface area contributed by atoms with Gasteiger partial charge in [-0.2, -0.15) is 0 Å². The molecular weight excluding hydrogens is 372 g/mol. The zero-order valence-corrected chi connectivity index (χ0v) is 18.3. The molecule has 29 heavy (non-hydrogen) atoms. The van der Waals surface area contributed by atoms with Gasteiger partial charge in [0.15, 0.2) is 0 Å². The quantitative estimate of drug-likeness (QED) is 0.620. The molecule has 7 heteroatoms. The third-order valence-electron chi connectivity index (χ3n) is 5.21. The molecule has 0 radical (unpaired) electrons. The molecule has 2 heterocycles. The molecule has 0 aromatic carbocycles. The Kier molecular flexibility index (Phi) is 8.29. The van der Waals surface area contributed by atoms with Crippen molar-refractivity contribution >= 4 is 17.8 Å². The number of carbonyl (C=O) groups excluding carboxylic acids is 3. The van der Waals surface area contributed by atoms with Crippen molar-refractivity contribution in [2.45, 2.75) is 53.9 Å². The summed E-state index contributed by atoms with van der Waals surface area (Å²) < 4.78 is 10.6. The molecule has 0 bridgehead atoms. The van der Waals surface area contributed by atoms with E-state index < -0.39 is 0 Å². The Morgan fingerprint density at radius 3 is 2.41 bits per heavy atom. The van der Waals surface area contributed by atoms with E-state index in [9.17, 15) is 14.4 Å². The van der Waals surface area contributed by atoms with E-state index >= 15 is 0 Å². The fourth-order valence-electron chi connectivity index (χ4n) is 3.74. The van der Waals surface area contributed by atoms with Crippen molar-refractivity contribution in [1.29, 1.82) is 0 Å². The molecule has 0 spiro atoms. The first-order chi connectivity index (χ1) is 13.7. The van der Waals surface area contributed by atoms with Crippen LogP contribution in [-0.2, 0) is 14.3 Å². The van der Waals surface area contributed by atoms with E-state index in [2.05, 4.69) is 13.8 Å². The first kappa shape index (κ1) is 23.0. The van der Waals surface area contributed by atoms with Gasteiger partial charge in [0, 0.05) is 32.6 Å². The molecule has 0 unspecified atom stereocenters. The van der Waals surface area contributed by atoms with Crippen molar-refractivity contribution in [3.63, 3.8) is 0 Å². The van der Waals surface area contributed by atoms with E-state index in [-0.39, 0.29) is 30.1 Å². The van der Waals surface area contributed by atoms with Crippen LogP contribution in [-0.4, -0.2) is 60.4 Å². The SMILES string of the molecule is CCOC(=O)C1CCN(C(=O)CCN(CC(C)C)C(=O)c2cc(C)oc2C)CC1. The third kappa shape index (κ3) is 6.34. The number of piperidine rings is 1. The molecule has 2 amide bonds. The first-order valence-electron chi connectivity index (χ1n) is 10.5. The van der Waals surface area contributed by atoms with Crippen molar-refractivity contribution in [1.82, 2.24) is 9.80 Å². The largest absolute Gasteiger partial charge is 0.466 e. The maximum absolute atomic E-state index is 13.0. The van der Waals surface area contributed by atoms with E-state index in [0.29, 0.717) is 68.6 Å². The Hall–Kier alpha value is -2.31. The number of ether oxygens (including phenoxy) is 1. The zero-order valence-electron chi connectivity index (χ0n) is 18.3. The molecule has 1 aromatic heterocycles. The van der Waals surface area contributed by atoms with Gasteiger partial charge in [0.25, 0.3) is 5.91 Å². The van der Waals surface area contributed by atoms with E-state index in [4.69, 9.17) is 9.15 Å². The maximum atomic E-state index is 13.0. The molecule has 1 aliphatic rings. The van der Waals surface area contributed by atoms with Crippen LogP contribution in [0.15, 0.2) is 10.5 Å². The molecule has 0 aliphatic carbocycles. The van der Waals surface area contributed by atoms with Crippen molar-refractivity contribution in [2.75, 3.05) is 32.8 Å². The minimum atomic E-state index is -0.168. The second-order valence-electron chi connectivity index (χ2n) is 8.13. The summed E-state index contributed by atoms with van der Waals surface area (Å²) >= 11 is 0. The van der Waals surface area contributed by atoms with Crippen LogP contribution in [0.5, 0.6) is 0 Å². The molecule has 0 atom stereocenters. The number of hydrogen-bond acceptors (Lipinski definition) is 5. The smallest absolute Gasteiger partial charge is 0.309 e. The van der Waals surface area contributed by atoms with Gasteiger partial charge in [0.2, 0.25) is 5.91 Å². The molecule has 2 rings (SSSR count). The number of amides is 2. The highest BCUT2D eigenvalue weighted by atomic mass is 16.5. The Morgan fingerprint density at radius 1 is 1.24 bits per heavy atom. The Morgan fingerprint density at radius 2 is 1.90 bits per heavy atom. The summed E-state index contributed by atoms with van der Waals surface area (Å²) in [5.74, 6) is 1.24. The Labute approximate surface area is 173 Å². The topological polar surface area (TPSA) is 80.1 Å². The molecule has 0 N–H and O–H groups in total. The van der Waals surface area contributed by atoms with Crippen molar-refractivity contribution in [3.8, 4) is 0 Å². The second-order valence-corrected chi connectivity index (χ2v) is 8.13. The lowest BCUT2D eigenvalue weighted by atomic mass is 9.97. The summed E-state index contributed by atoms with van der Waals surface area (Å²) in [7, 11) is 0. The van der Waals surface area contributed by atoms with Crippen LogP contribution in [0.1, 0.15) is 61.9 Å². The summed E-state index contributed by atoms with van der Waals surface area (Å²) in [4.78, 5) is 41.0. The second kappa shape index (κ2) is 10.5. The number of furan rings is 1. The standard InChI is InChI=1S/C22H34N2O5/c1-6-28-22(27)18-7-10-23(11-8-18)20(25)9-12-24(14-15(2)3)21(26)19-13-16(4)29-17(19)5/h13,15,18H,6-12,14H2,1-5H3. The van der Waals surface area contributed by atoms with Crippen LogP contribution < -0.4 is 0 Å². The number of likely N-dealkylation sites (tertiary alicyclic amines) is 1. The molecule has 1 saturated heterocycles. The monoisotopic (exact) mass is 406 g/mol. The van der Waals surface area contributed by atoms with Gasteiger partial charge in [-0.1, -0.05) is 13.8 Å². The van der Waals surface area contributed by atoms with E-state index in [1.807, 2.05) is 6.92 Å². The predicted molar refractivity (Wildman–Crippen MR) is 109 cm³/mol. The minimum Gasteiger partial charge on any atom is -0.466 e. The fourth-order valence-corrected chi connectivity index (χ4v) is 3.74. The van der Waals surface area contributed by atoms with Gasteiger partial charge in [-0.15, -0.1) is 0 Å². The first-order valence-corrected chi connectivity index (χ1v) is 10.5. The number of rotatable bonds is 8. The summed E-state index contributed by atoms with van der Waals surface area (Å²) in [5, 5.41) is 0. The van der Waals surface area contributed by atoms with E-state index in [0.717, 1.165) is 0 Å². The molecular formula is C22H34N2O5. The van der Waals surface area contributed by atoms with Gasteiger partial charge < -0.3 is 19.0 Å². The molecule has 162 valence electrons. The molecule has 1 aliphatic heterocycles. The lowest BCUT2D eigenvalue weighted by Gasteiger charge is -2.32.